The minimum atomic E-state index is -4.41. The molecule has 1 rings (SSSR count). The normalized spacial score (nSPS) is 13.1. The van der Waals surface area contributed by atoms with Crippen LogP contribution in [0.25, 0.3) is 0 Å². The third-order valence-corrected chi connectivity index (χ3v) is 2.34. The Morgan fingerprint density at radius 3 is 2.67 bits per heavy atom. The molecule has 0 N–H and O–H groups in total. The van der Waals surface area contributed by atoms with E-state index in [0.29, 0.717) is 11.8 Å². The maximum atomic E-state index is 12.5. The summed E-state index contributed by atoms with van der Waals surface area (Å²) in [6.45, 7) is 3.73. The minimum Gasteiger partial charge on any atom is -0.376 e. The summed E-state index contributed by atoms with van der Waals surface area (Å²) in [5.41, 5.74) is -0.473. The Kier molecular flexibility index (Phi) is 5.09. The van der Waals surface area contributed by atoms with Crippen molar-refractivity contribution in [3.8, 4) is 0 Å². The van der Waals surface area contributed by atoms with Gasteiger partial charge in [-0.3, -0.25) is 0 Å². The number of hydrogen-bond donors (Lipinski definition) is 0. The van der Waals surface area contributed by atoms with Gasteiger partial charge in [-0.15, -0.1) is 6.58 Å². The second kappa shape index (κ2) is 6.35. The van der Waals surface area contributed by atoms with Crippen LogP contribution in [-0.4, -0.2) is 19.5 Å². The van der Waals surface area contributed by atoms with Crippen LogP contribution in [-0.2, 0) is 15.7 Å². The molecule has 0 heterocycles. The fourth-order valence-corrected chi connectivity index (χ4v) is 1.44. The van der Waals surface area contributed by atoms with E-state index in [1.54, 1.807) is 0 Å². The van der Waals surface area contributed by atoms with Crippen molar-refractivity contribution in [3.05, 3.63) is 48.0 Å². The number of aldehydes is 1. The van der Waals surface area contributed by atoms with E-state index in [9.17, 15) is 18.0 Å². The average molecular weight is 258 g/mol. The second-order valence-corrected chi connectivity index (χ2v) is 3.69. The van der Waals surface area contributed by atoms with Crippen LogP contribution in [0, 0.1) is 0 Å². The van der Waals surface area contributed by atoms with Crippen LogP contribution in [0.3, 0.4) is 0 Å². The Balaban J connectivity index is 2.86. The summed E-state index contributed by atoms with van der Waals surface area (Å²) in [5, 5.41) is 0. The third-order valence-electron chi connectivity index (χ3n) is 2.34. The van der Waals surface area contributed by atoms with E-state index in [4.69, 9.17) is 4.74 Å². The molecule has 2 nitrogen and oxygen atoms in total. The van der Waals surface area contributed by atoms with E-state index >= 15 is 0 Å². The number of carbonyl (C=O) groups excluding carboxylic acids is 1. The number of benzene rings is 1. The first-order chi connectivity index (χ1) is 8.49. The van der Waals surface area contributed by atoms with Gasteiger partial charge in [-0.1, -0.05) is 24.3 Å². The largest absolute Gasteiger partial charge is 0.416 e. The molecular weight excluding hydrogens is 245 g/mol. The van der Waals surface area contributed by atoms with Crippen LogP contribution < -0.4 is 0 Å². The lowest BCUT2D eigenvalue weighted by molar-refractivity contribution is -0.137. The summed E-state index contributed by atoms with van der Waals surface area (Å²) in [7, 11) is 0. The number of ether oxygens (including phenoxy) is 1. The monoisotopic (exact) mass is 258 g/mol. The molecule has 0 saturated carbocycles. The van der Waals surface area contributed by atoms with Gasteiger partial charge in [0.2, 0.25) is 0 Å². The Labute approximate surface area is 103 Å². The molecule has 0 spiro atoms. The van der Waals surface area contributed by atoms with E-state index in [0.717, 1.165) is 12.1 Å². The van der Waals surface area contributed by atoms with Gasteiger partial charge in [0.25, 0.3) is 0 Å². The second-order valence-electron chi connectivity index (χ2n) is 3.69. The summed E-state index contributed by atoms with van der Waals surface area (Å²) < 4.78 is 42.6. The van der Waals surface area contributed by atoms with Crippen LogP contribution in [0.5, 0.6) is 0 Å². The van der Waals surface area contributed by atoms with E-state index in [2.05, 4.69) is 6.58 Å². The number of carbonyl (C=O) groups is 1. The van der Waals surface area contributed by atoms with Crippen LogP contribution in [0.1, 0.15) is 17.0 Å². The quantitative estimate of drug-likeness (QED) is 0.445. The van der Waals surface area contributed by atoms with Gasteiger partial charge < -0.3 is 9.53 Å². The standard InChI is InChI=1S/C13H13F3O2/c1-2-6-18-9-11(8-17)10-4-3-5-12(7-10)13(14,15)16/h2-5,7-8,11H,1,6,9H2. The smallest absolute Gasteiger partial charge is 0.376 e. The predicted molar refractivity (Wildman–Crippen MR) is 61.3 cm³/mol. The SMILES string of the molecule is C=CCOCC(C=O)c1cccc(C(F)(F)F)c1. The molecule has 0 aliphatic carbocycles. The number of halogens is 3. The Bertz CT molecular complexity index is 413. The first-order valence-corrected chi connectivity index (χ1v) is 5.30. The van der Waals surface area contributed by atoms with Gasteiger partial charge in [0, 0.05) is 0 Å². The molecule has 0 saturated heterocycles. The zero-order valence-corrected chi connectivity index (χ0v) is 9.61. The van der Waals surface area contributed by atoms with Crippen LogP contribution >= 0.6 is 0 Å². The molecule has 0 aliphatic heterocycles. The summed E-state index contributed by atoms with van der Waals surface area (Å²) >= 11 is 0. The van der Waals surface area contributed by atoms with Gasteiger partial charge >= 0.3 is 6.18 Å². The maximum absolute atomic E-state index is 12.5. The average Bonchev–Trinajstić information content (AvgIpc) is 2.34. The van der Waals surface area contributed by atoms with E-state index in [1.165, 1.54) is 18.2 Å². The van der Waals surface area contributed by atoms with Crippen LogP contribution in [0.15, 0.2) is 36.9 Å². The van der Waals surface area contributed by atoms with Crippen molar-refractivity contribution >= 4 is 6.29 Å². The van der Waals surface area contributed by atoms with Gasteiger partial charge in [-0.05, 0) is 11.6 Å². The van der Waals surface area contributed by atoms with E-state index < -0.39 is 17.7 Å². The van der Waals surface area contributed by atoms with E-state index in [1.807, 2.05) is 0 Å². The highest BCUT2D eigenvalue weighted by molar-refractivity contribution is 5.62. The Hall–Kier alpha value is -1.62. The molecule has 0 amide bonds. The molecule has 0 aliphatic rings. The molecule has 0 fully saturated rings. The highest BCUT2D eigenvalue weighted by Crippen LogP contribution is 2.30. The van der Waals surface area contributed by atoms with Crippen molar-refractivity contribution in [1.82, 2.24) is 0 Å². The van der Waals surface area contributed by atoms with Crippen molar-refractivity contribution < 1.29 is 22.7 Å². The lowest BCUT2D eigenvalue weighted by Gasteiger charge is -2.13. The van der Waals surface area contributed by atoms with Gasteiger partial charge in [0.15, 0.2) is 0 Å². The molecule has 5 heteroatoms. The molecule has 1 aromatic carbocycles. The molecule has 0 radical (unpaired) electrons. The summed E-state index contributed by atoms with van der Waals surface area (Å²) in [4.78, 5) is 10.9. The Morgan fingerprint density at radius 1 is 1.39 bits per heavy atom. The van der Waals surface area contributed by atoms with E-state index in [-0.39, 0.29) is 13.2 Å². The van der Waals surface area contributed by atoms with Crippen LogP contribution in [0.2, 0.25) is 0 Å². The molecule has 1 atom stereocenters. The van der Waals surface area contributed by atoms with Gasteiger partial charge in [0.05, 0.1) is 24.7 Å². The lowest BCUT2D eigenvalue weighted by Crippen LogP contribution is -2.12. The summed E-state index contributed by atoms with van der Waals surface area (Å²) in [6.07, 6.45) is -2.32. The van der Waals surface area contributed by atoms with Crippen LogP contribution in [0.4, 0.5) is 13.2 Å². The highest BCUT2D eigenvalue weighted by atomic mass is 19.4. The number of alkyl halides is 3. The maximum Gasteiger partial charge on any atom is 0.416 e. The first kappa shape index (κ1) is 14.4. The van der Waals surface area contributed by atoms with Crippen molar-refractivity contribution in [1.29, 1.82) is 0 Å². The van der Waals surface area contributed by atoms with Crippen molar-refractivity contribution in [2.24, 2.45) is 0 Å². The summed E-state index contributed by atoms with van der Waals surface area (Å²) in [5.74, 6) is -0.702. The highest BCUT2D eigenvalue weighted by Gasteiger charge is 2.30. The molecule has 0 aromatic heterocycles. The predicted octanol–water partition coefficient (Wildman–Crippen LogP) is 3.19. The topological polar surface area (TPSA) is 26.3 Å². The zero-order valence-electron chi connectivity index (χ0n) is 9.61. The molecule has 1 aromatic rings. The zero-order chi connectivity index (χ0) is 13.6. The van der Waals surface area contributed by atoms with Gasteiger partial charge in [-0.25, -0.2) is 0 Å². The first-order valence-electron chi connectivity index (χ1n) is 5.30. The van der Waals surface area contributed by atoms with Gasteiger partial charge in [0.1, 0.15) is 6.29 Å². The minimum absolute atomic E-state index is 0.0385. The Morgan fingerprint density at radius 2 is 2.11 bits per heavy atom. The van der Waals surface area contributed by atoms with Crippen molar-refractivity contribution in [3.63, 3.8) is 0 Å². The molecule has 1 unspecified atom stereocenters. The third kappa shape index (κ3) is 4.00. The van der Waals surface area contributed by atoms with Gasteiger partial charge in [-0.2, -0.15) is 13.2 Å². The molecule has 0 bridgehead atoms. The fourth-order valence-electron chi connectivity index (χ4n) is 1.44. The number of hydrogen-bond acceptors (Lipinski definition) is 2. The molecule has 18 heavy (non-hydrogen) atoms. The summed E-state index contributed by atoms with van der Waals surface area (Å²) in [6, 6.07) is 4.69. The number of rotatable bonds is 6. The van der Waals surface area contributed by atoms with Crippen molar-refractivity contribution in [2.75, 3.05) is 13.2 Å². The molecule has 98 valence electrons. The fraction of sp³-hybridized carbons (Fsp3) is 0.308. The lowest BCUT2D eigenvalue weighted by atomic mass is 9.99. The molecular formula is C13H13F3O2. The van der Waals surface area contributed by atoms with Crippen molar-refractivity contribution in [2.45, 2.75) is 12.1 Å².